The maximum atomic E-state index is 10.5. The Morgan fingerprint density at radius 3 is 2.29 bits per heavy atom. The molecule has 0 bridgehead atoms. The van der Waals surface area contributed by atoms with Crippen LogP contribution in [0.3, 0.4) is 0 Å². The molecule has 2 nitrogen and oxygen atoms in total. The smallest absolute Gasteiger partial charge is 0.119 e. The van der Waals surface area contributed by atoms with Crippen molar-refractivity contribution in [2.75, 3.05) is 0 Å². The first kappa shape index (κ1) is 14.6. The summed E-state index contributed by atoms with van der Waals surface area (Å²) in [6.45, 7) is 6.58. The van der Waals surface area contributed by atoms with Crippen molar-refractivity contribution in [2.24, 2.45) is 0 Å². The minimum absolute atomic E-state index is 0.130. The van der Waals surface area contributed by atoms with E-state index in [0.29, 0.717) is 6.10 Å². The van der Waals surface area contributed by atoms with Gasteiger partial charge >= 0.3 is 0 Å². The molecule has 1 unspecified atom stereocenters. The monoisotopic (exact) mass is 302 g/mol. The van der Waals surface area contributed by atoms with E-state index in [1.807, 2.05) is 30.3 Å². The Morgan fingerprint density at radius 2 is 1.76 bits per heavy atom. The molecule has 1 atom stereocenters. The van der Waals surface area contributed by atoms with E-state index in [2.05, 4.69) is 26.8 Å². The van der Waals surface area contributed by atoms with Gasteiger partial charge in [-0.3, -0.25) is 0 Å². The zero-order chi connectivity index (χ0) is 15.0. The van der Waals surface area contributed by atoms with Gasteiger partial charge in [0.05, 0.1) is 6.10 Å². The molecule has 0 saturated heterocycles. The average Bonchev–Trinajstić information content (AvgIpc) is 3.09. The van der Waals surface area contributed by atoms with Crippen LogP contribution in [0, 0.1) is 0 Å². The molecule has 0 spiro atoms. The SMILES string of the molecule is CC(C)(C)c1ccc(C(O)c2ccc(OC3CC3)cc2)s1. The molecular formula is C18H22O2S. The summed E-state index contributed by atoms with van der Waals surface area (Å²) in [4.78, 5) is 2.29. The lowest BCUT2D eigenvalue weighted by Crippen LogP contribution is -2.07. The maximum Gasteiger partial charge on any atom is 0.119 e. The van der Waals surface area contributed by atoms with Crippen LogP contribution < -0.4 is 4.74 Å². The van der Waals surface area contributed by atoms with Crippen molar-refractivity contribution >= 4 is 11.3 Å². The summed E-state index contributed by atoms with van der Waals surface area (Å²) in [5, 5.41) is 10.5. The molecule has 1 aliphatic rings. The van der Waals surface area contributed by atoms with Gasteiger partial charge in [-0.05, 0) is 48.1 Å². The van der Waals surface area contributed by atoms with Crippen LogP contribution >= 0.6 is 11.3 Å². The first-order valence-electron chi connectivity index (χ1n) is 7.48. The fourth-order valence-electron chi connectivity index (χ4n) is 2.17. The van der Waals surface area contributed by atoms with Gasteiger partial charge in [-0.2, -0.15) is 0 Å². The van der Waals surface area contributed by atoms with E-state index in [0.717, 1.165) is 29.0 Å². The summed E-state index contributed by atoms with van der Waals surface area (Å²) in [7, 11) is 0. The number of aliphatic hydroxyl groups excluding tert-OH is 1. The highest BCUT2D eigenvalue weighted by Crippen LogP contribution is 2.35. The van der Waals surface area contributed by atoms with Gasteiger partial charge in [0, 0.05) is 9.75 Å². The zero-order valence-electron chi connectivity index (χ0n) is 12.8. The molecule has 0 amide bonds. The largest absolute Gasteiger partial charge is 0.490 e. The first-order valence-corrected chi connectivity index (χ1v) is 8.30. The van der Waals surface area contributed by atoms with Crippen LogP contribution in [0.1, 0.15) is 55.0 Å². The first-order chi connectivity index (χ1) is 9.93. The quantitative estimate of drug-likeness (QED) is 0.889. The van der Waals surface area contributed by atoms with Gasteiger partial charge in [0.25, 0.3) is 0 Å². The van der Waals surface area contributed by atoms with Crippen molar-refractivity contribution in [2.45, 2.75) is 51.2 Å². The number of hydrogen-bond acceptors (Lipinski definition) is 3. The van der Waals surface area contributed by atoms with Crippen molar-refractivity contribution in [3.63, 3.8) is 0 Å². The lowest BCUT2D eigenvalue weighted by molar-refractivity contribution is 0.224. The molecule has 1 aliphatic carbocycles. The van der Waals surface area contributed by atoms with Crippen LogP contribution in [0.15, 0.2) is 36.4 Å². The molecule has 3 rings (SSSR count). The van der Waals surface area contributed by atoms with Crippen LogP contribution in [-0.4, -0.2) is 11.2 Å². The summed E-state index contributed by atoms with van der Waals surface area (Å²) in [6, 6.07) is 12.0. The molecule has 1 aromatic carbocycles. The van der Waals surface area contributed by atoms with Gasteiger partial charge < -0.3 is 9.84 Å². The highest BCUT2D eigenvalue weighted by atomic mass is 32.1. The number of rotatable bonds is 4. The Kier molecular flexibility index (Phi) is 3.80. The predicted octanol–water partition coefficient (Wildman–Crippen LogP) is 4.67. The normalized spacial score (nSPS) is 16.8. The Bertz CT molecular complexity index is 603. The number of benzene rings is 1. The van der Waals surface area contributed by atoms with E-state index in [-0.39, 0.29) is 5.41 Å². The lowest BCUT2D eigenvalue weighted by Gasteiger charge is -2.16. The van der Waals surface area contributed by atoms with E-state index in [4.69, 9.17) is 4.74 Å². The Labute approximate surface area is 130 Å². The molecule has 112 valence electrons. The van der Waals surface area contributed by atoms with Gasteiger partial charge in [0.2, 0.25) is 0 Å². The lowest BCUT2D eigenvalue weighted by atomic mass is 9.95. The minimum Gasteiger partial charge on any atom is -0.490 e. The summed E-state index contributed by atoms with van der Waals surface area (Å²) in [5.41, 5.74) is 1.05. The molecule has 0 aliphatic heterocycles. The molecule has 1 saturated carbocycles. The summed E-state index contributed by atoms with van der Waals surface area (Å²) in [6.07, 6.45) is 2.18. The van der Waals surface area contributed by atoms with Crippen molar-refractivity contribution in [1.29, 1.82) is 0 Å². The van der Waals surface area contributed by atoms with E-state index >= 15 is 0 Å². The molecule has 0 radical (unpaired) electrons. The number of aliphatic hydroxyl groups is 1. The van der Waals surface area contributed by atoms with E-state index in [9.17, 15) is 5.11 Å². The fraction of sp³-hybridized carbons (Fsp3) is 0.444. The highest BCUT2D eigenvalue weighted by Gasteiger charge is 2.24. The fourth-order valence-corrected chi connectivity index (χ4v) is 3.25. The number of ether oxygens (including phenoxy) is 1. The van der Waals surface area contributed by atoms with Gasteiger partial charge in [0.15, 0.2) is 0 Å². The Balaban J connectivity index is 1.74. The third kappa shape index (κ3) is 3.47. The number of thiophene rings is 1. The van der Waals surface area contributed by atoms with Gasteiger partial charge in [0.1, 0.15) is 11.9 Å². The van der Waals surface area contributed by atoms with Gasteiger partial charge in [-0.25, -0.2) is 0 Å². The molecule has 1 fully saturated rings. The second-order valence-electron chi connectivity index (χ2n) is 6.74. The molecule has 2 aromatic rings. The van der Waals surface area contributed by atoms with Crippen molar-refractivity contribution in [3.8, 4) is 5.75 Å². The van der Waals surface area contributed by atoms with Crippen LogP contribution in [0.5, 0.6) is 5.75 Å². The molecular weight excluding hydrogens is 280 g/mol. The maximum absolute atomic E-state index is 10.5. The van der Waals surface area contributed by atoms with E-state index < -0.39 is 6.10 Å². The second-order valence-corrected chi connectivity index (χ2v) is 7.86. The summed E-state index contributed by atoms with van der Waals surface area (Å²) < 4.78 is 5.74. The molecule has 21 heavy (non-hydrogen) atoms. The van der Waals surface area contributed by atoms with Crippen LogP contribution in [0.4, 0.5) is 0 Å². The predicted molar refractivity (Wildman–Crippen MR) is 87.2 cm³/mol. The van der Waals surface area contributed by atoms with Crippen molar-refractivity contribution in [1.82, 2.24) is 0 Å². The third-order valence-electron chi connectivity index (χ3n) is 3.66. The van der Waals surface area contributed by atoms with Crippen LogP contribution in [0.2, 0.25) is 0 Å². The molecule has 3 heteroatoms. The van der Waals surface area contributed by atoms with Gasteiger partial charge in [-0.15, -0.1) is 11.3 Å². The van der Waals surface area contributed by atoms with Gasteiger partial charge in [-0.1, -0.05) is 32.9 Å². The minimum atomic E-state index is -0.555. The Morgan fingerprint density at radius 1 is 1.10 bits per heavy atom. The van der Waals surface area contributed by atoms with Crippen LogP contribution in [0.25, 0.3) is 0 Å². The van der Waals surface area contributed by atoms with Crippen LogP contribution in [-0.2, 0) is 5.41 Å². The second kappa shape index (κ2) is 5.47. The Hall–Kier alpha value is -1.32. The summed E-state index contributed by atoms with van der Waals surface area (Å²) >= 11 is 1.69. The molecule has 1 heterocycles. The molecule has 1 N–H and O–H groups in total. The third-order valence-corrected chi connectivity index (χ3v) is 5.22. The van der Waals surface area contributed by atoms with E-state index in [1.54, 1.807) is 11.3 Å². The highest BCUT2D eigenvalue weighted by molar-refractivity contribution is 7.12. The average molecular weight is 302 g/mol. The number of hydrogen-bond donors (Lipinski definition) is 1. The van der Waals surface area contributed by atoms with Crippen molar-refractivity contribution in [3.05, 3.63) is 51.7 Å². The topological polar surface area (TPSA) is 29.5 Å². The standard InChI is InChI=1S/C18H22O2S/c1-18(2,3)16-11-10-15(21-16)17(19)12-4-6-13(7-5-12)20-14-8-9-14/h4-7,10-11,14,17,19H,8-9H2,1-3H3. The van der Waals surface area contributed by atoms with E-state index in [1.165, 1.54) is 4.88 Å². The molecule has 1 aromatic heterocycles. The van der Waals surface area contributed by atoms with Crippen molar-refractivity contribution < 1.29 is 9.84 Å². The zero-order valence-corrected chi connectivity index (χ0v) is 13.6. The summed E-state index contributed by atoms with van der Waals surface area (Å²) in [5.74, 6) is 0.898.